The molecular weight excluding hydrogens is 204 g/mol. The van der Waals surface area contributed by atoms with Crippen molar-refractivity contribution in [2.24, 2.45) is 5.73 Å². The third kappa shape index (κ3) is 3.15. The zero-order valence-electron chi connectivity index (χ0n) is 9.49. The van der Waals surface area contributed by atoms with E-state index in [2.05, 4.69) is 12.2 Å². The predicted octanol–water partition coefficient (Wildman–Crippen LogP) is 2.09. The van der Waals surface area contributed by atoms with Crippen molar-refractivity contribution in [2.75, 3.05) is 11.9 Å². The van der Waals surface area contributed by atoms with Gasteiger partial charge < -0.3 is 16.2 Å². The Morgan fingerprint density at radius 3 is 2.81 bits per heavy atom. The van der Waals surface area contributed by atoms with Crippen LogP contribution >= 0.6 is 0 Å². The SMILES string of the molecule is CCCCCNc1cccc(C(N)=O)c1O. The topological polar surface area (TPSA) is 75.3 Å². The molecule has 4 heteroatoms. The van der Waals surface area contributed by atoms with Crippen molar-refractivity contribution in [1.29, 1.82) is 0 Å². The van der Waals surface area contributed by atoms with E-state index in [9.17, 15) is 9.90 Å². The maximum atomic E-state index is 11.0. The van der Waals surface area contributed by atoms with Crippen molar-refractivity contribution < 1.29 is 9.90 Å². The normalized spacial score (nSPS) is 10.1. The first kappa shape index (κ1) is 12.4. The Labute approximate surface area is 95.5 Å². The molecule has 4 N–H and O–H groups in total. The number of amides is 1. The van der Waals surface area contributed by atoms with Gasteiger partial charge in [-0.1, -0.05) is 25.8 Å². The summed E-state index contributed by atoms with van der Waals surface area (Å²) in [5, 5.41) is 12.8. The molecule has 16 heavy (non-hydrogen) atoms. The first-order valence-electron chi connectivity index (χ1n) is 5.52. The van der Waals surface area contributed by atoms with Crippen molar-refractivity contribution in [1.82, 2.24) is 0 Å². The molecule has 1 amide bonds. The minimum Gasteiger partial charge on any atom is -0.505 e. The molecule has 0 aliphatic heterocycles. The highest BCUT2D eigenvalue weighted by Crippen LogP contribution is 2.26. The van der Waals surface area contributed by atoms with Gasteiger partial charge in [0.25, 0.3) is 5.91 Å². The van der Waals surface area contributed by atoms with E-state index in [0.717, 1.165) is 25.8 Å². The van der Waals surface area contributed by atoms with Gasteiger partial charge in [0.2, 0.25) is 0 Å². The maximum absolute atomic E-state index is 11.0. The number of unbranched alkanes of at least 4 members (excludes halogenated alkanes) is 2. The van der Waals surface area contributed by atoms with Crippen LogP contribution in [-0.2, 0) is 0 Å². The number of carbonyl (C=O) groups is 1. The van der Waals surface area contributed by atoms with Crippen molar-refractivity contribution in [3.05, 3.63) is 23.8 Å². The van der Waals surface area contributed by atoms with Crippen molar-refractivity contribution in [3.8, 4) is 5.75 Å². The molecule has 0 radical (unpaired) electrons. The number of hydrogen-bond donors (Lipinski definition) is 3. The number of nitrogens with one attached hydrogen (secondary N) is 1. The molecule has 0 saturated heterocycles. The van der Waals surface area contributed by atoms with E-state index in [4.69, 9.17) is 5.73 Å². The summed E-state index contributed by atoms with van der Waals surface area (Å²) in [4.78, 5) is 11.0. The Morgan fingerprint density at radius 1 is 1.44 bits per heavy atom. The molecule has 4 nitrogen and oxygen atoms in total. The van der Waals surface area contributed by atoms with Gasteiger partial charge in [0.1, 0.15) is 0 Å². The Bertz CT molecular complexity index is 364. The van der Waals surface area contributed by atoms with Crippen LogP contribution in [-0.4, -0.2) is 17.6 Å². The molecule has 0 aromatic heterocycles. The van der Waals surface area contributed by atoms with Gasteiger partial charge >= 0.3 is 0 Å². The number of para-hydroxylation sites is 1. The third-order valence-electron chi connectivity index (χ3n) is 2.40. The van der Waals surface area contributed by atoms with E-state index in [-0.39, 0.29) is 11.3 Å². The number of carbonyl (C=O) groups excluding carboxylic acids is 1. The summed E-state index contributed by atoms with van der Waals surface area (Å²) in [6.45, 7) is 2.91. The lowest BCUT2D eigenvalue weighted by molar-refractivity contribution is 0.0998. The van der Waals surface area contributed by atoms with E-state index in [1.807, 2.05) is 0 Å². The Kier molecular flexibility index (Phi) is 4.64. The summed E-state index contributed by atoms with van der Waals surface area (Å²) in [7, 11) is 0. The summed E-state index contributed by atoms with van der Waals surface area (Å²) in [6.07, 6.45) is 3.33. The number of phenols is 1. The van der Waals surface area contributed by atoms with Crippen molar-refractivity contribution in [2.45, 2.75) is 26.2 Å². The van der Waals surface area contributed by atoms with Crippen LogP contribution in [0.25, 0.3) is 0 Å². The molecule has 0 aliphatic carbocycles. The van der Waals surface area contributed by atoms with Gasteiger partial charge in [-0.3, -0.25) is 4.79 Å². The monoisotopic (exact) mass is 222 g/mol. The molecule has 0 spiro atoms. The second kappa shape index (κ2) is 6.00. The number of aromatic hydroxyl groups is 1. The molecule has 0 saturated carbocycles. The molecule has 0 unspecified atom stereocenters. The number of hydrogen-bond acceptors (Lipinski definition) is 3. The molecule has 0 atom stereocenters. The Hall–Kier alpha value is -1.71. The first-order valence-corrected chi connectivity index (χ1v) is 5.52. The predicted molar refractivity (Wildman–Crippen MR) is 64.6 cm³/mol. The van der Waals surface area contributed by atoms with Crippen LogP contribution in [0.15, 0.2) is 18.2 Å². The van der Waals surface area contributed by atoms with Crippen LogP contribution in [0, 0.1) is 0 Å². The zero-order chi connectivity index (χ0) is 12.0. The van der Waals surface area contributed by atoms with E-state index in [1.165, 1.54) is 6.07 Å². The quantitative estimate of drug-likeness (QED) is 0.509. The Morgan fingerprint density at radius 2 is 2.19 bits per heavy atom. The highest BCUT2D eigenvalue weighted by molar-refractivity contribution is 5.97. The molecule has 1 aromatic carbocycles. The fraction of sp³-hybridized carbons (Fsp3) is 0.417. The largest absolute Gasteiger partial charge is 0.505 e. The van der Waals surface area contributed by atoms with Crippen LogP contribution in [0.4, 0.5) is 5.69 Å². The lowest BCUT2D eigenvalue weighted by Crippen LogP contribution is -2.12. The molecular formula is C12H18N2O2. The van der Waals surface area contributed by atoms with E-state index in [1.54, 1.807) is 12.1 Å². The molecule has 0 fully saturated rings. The molecule has 1 aromatic rings. The number of rotatable bonds is 6. The molecule has 0 aliphatic rings. The van der Waals surface area contributed by atoms with Crippen molar-refractivity contribution in [3.63, 3.8) is 0 Å². The van der Waals surface area contributed by atoms with Crippen LogP contribution < -0.4 is 11.1 Å². The molecule has 88 valence electrons. The van der Waals surface area contributed by atoms with Gasteiger partial charge in [0, 0.05) is 6.54 Å². The Balaban J connectivity index is 2.66. The minimum atomic E-state index is -0.616. The minimum absolute atomic E-state index is 0.0634. The highest BCUT2D eigenvalue weighted by atomic mass is 16.3. The van der Waals surface area contributed by atoms with Crippen LogP contribution in [0.1, 0.15) is 36.5 Å². The summed E-state index contributed by atoms with van der Waals surface area (Å²) < 4.78 is 0. The highest BCUT2D eigenvalue weighted by Gasteiger charge is 2.10. The lowest BCUT2D eigenvalue weighted by Gasteiger charge is -2.09. The average molecular weight is 222 g/mol. The number of nitrogens with two attached hydrogens (primary N) is 1. The van der Waals surface area contributed by atoms with E-state index < -0.39 is 5.91 Å². The molecule has 0 bridgehead atoms. The average Bonchev–Trinajstić information content (AvgIpc) is 2.26. The first-order chi connectivity index (χ1) is 7.66. The van der Waals surface area contributed by atoms with Gasteiger partial charge in [0.15, 0.2) is 5.75 Å². The van der Waals surface area contributed by atoms with Crippen molar-refractivity contribution >= 4 is 11.6 Å². The summed E-state index contributed by atoms with van der Waals surface area (Å²) in [6, 6.07) is 4.94. The van der Waals surface area contributed by atoms with Gasteiger partial charge in [-0.25, -0.2) is 0 Å². The van der Waals surface area contributed by atoms with Gasteiger partial charge in [-0.05, 0) is 18.6 Å². The third-order valence-corrected chi connectivity index (χ3v) is 2.40. The van der Waals surface area contributed by atoms with Crippen LogP contribution in [0.2, 0.25) is 0 Å². The fourth-order valence-electron chi connectivity index (χ4n) is 1.48. The second-order valence-electron chi connectivity index (χ2n) is 3.70. The molecule has 1 rings (SSSR count). The van der Waals surface area contributed by atoms with Gasteiger partial charge in [-0.2, -0.15) is 0 Å². The van der Waals surface area contributed by atoms with Crippen LogP contribution in [0.3, 0.4) is 0 Å². The van der Waals surface area contributed by atoms with E-state index in [0.29, 0.717) is 5.69 Å². The summed E-state index contributed by atoms with van der Waals surface area (Å²) >= 11 is 0. The molecule has 0 heterocycles. The zero-order valence-corrected chi connectivity index (χ0v) is 9.49. The van der Waals surface area contributed by atoms with Gasteiger partial charge in [0.05, 0.1) is 11.3 Å². The van der Waals surface area contributed by atoms with Gasteiger partial charge in [-0.15, -0.1) is 0 Å². The second-order valence-corrected chi connectivity index (χ2v) is 3.70. The number of primary amides is 1. The lowest BCUT2D eigenvalue weighted by atomic mass is 10.1. The number of anilines is 1. The fourth-order valence-corrected chi connectivity index (χ4v) is 1.48. The van der Waals surface area contributed by atoms with E-state index >= 15 is 0 Å². The summed E-state index contributed by atoms with van der Waals surface area (Å²) in [5.74, 6) is -0.679. The smallest absolute Gasteiger partial charge is 0.252 e. The standard InChI is InChI=1S/C12H18N2O2/c1-2-3-4-8-14-10-7-5-6-9(11(10)15)12(13)16/h5-7,14-15H,2-4,8H2,1H3,(H2,13,16). The maximum Gasteiger partial charge on any atom is 0.252 e. The number of benzene rings is 1. The van der Waals surface area contributed by atoms with Crippen LogP contribution in [0.5, 0.6) is 5.75 Å². The summed E-state index contributed by atoms with van der Waals surface area (Å²) in [5.41, 5.74) is 5.85.